The van der Waals surface area contributed by atoms with Crippen LogP contribution < -0.4 is 5.32 Å². The zero-order valence-corrected chi connectivity index (χ0v) is 10.8. The van der Waals surface area contributed by atoms with Gasteiger partial charge in [-0.3, -0.25) is 9.59 Å². The van der Waals surface area contributed by atoms with E-state index in [1.54, 1.807) is 20.8 Å². The fraction of sp³-hybridized carbons (Fsp3) is 0.750. The Morgan fingerprint density at radius 3 is 2.12 bits per heavy atom. The highest BCUT2D eigenvalue weighted by Crippen LogP contribution is 2.37. The minimum absolute atomic E-state index is 0.129. The Kier molecular flexibility index (Phi) is 3.59. The van der Waals surface area contributed by atoms with Gasteiger partial charge >= 0.3 is 6.09 Å². The van der Waals surface area contributed by atoms with Gasteiger partial charge in [-0.1, -0.05) is 0 Å². The average molecular weight is 241 g/mol. The van der Waals surface area contributed by atoms with E-state index in [0.717, 1.165) is 0 Å². The van der Waals surface area contributed by atoms with Crippen LogP contribution in [0.25, 0.3) is 0 Å². The van der Waals surface area contributed by atoms with Gasteiger partial charge in [0.1, 0.15) is 16.9 Å². The lowest BCUT2D eigenvalue weighted by atomic mass is 10.1. The van der Waals surface area contributed by atoms with Crippen molar-refractivity contribution in [3.05, 3.63) is 0 Å². The second kappa shape index (κ2) is 4.47. The molecule has 1 saturated carbocycles. The van der Waals surface area contributed by atoms with Crippen LogP contribution in [0.15, 0.2) is 0 Å². The van der Waals surface area contributed by atoms with E-state index in [2.05, 4.69) is 5.32 Å². The highest BCUT2D eigenvalue weighted by Gasteiger charge is 2.51. The van der Waals surface area contributed by atoms with Crippen LogP contribution in [0.3, 0.4) is 0 Å². The summed E-state index contributed by atoms with van der Waals surface area (Å²) in [6.07, 6.45) is 0.430. The molecule has 17 heavy (non-hydrogen) atoms. The molecule has 5 heteroatoms. The van der Waals surface area contributed by atoms with E-state index in [0.29, 0.717) is 12.8 Å². The zero-order valence-electron chi connectivity index (χ0n) is 10.8. The molecule has 96 valence electrons. The molecule has 5 nitrogen and oxygen atoms in total. The van der Waals surface area contributed by atoms with Crippen LogP contribution >= 0.6 is 0 Å². The van der Waals surface area contributed by atoms with Crippen LogP contribution in [-0.4, -0.2) is 28.8 Å². The van der Waals surface area contributed by atoms with Crippen molar-refractivity contribution in [1.82, 2.24) is 5.32 Å². The van der Waals surface area contributed by atoms with E-state index < -0.39 is 17.2 Å². The van der Waals surface area contributed by atoms with Crippen molar-refractivity contribution in [3.63, 3.8) is 0 Å². The van der Waals surface area contributed by atoms with Gasteiger partial charge < -0.3 is 10.1 Å². The van der Waals surface area contributed by atoms with Gasteiger partial charge in [0.25, 0.3) is 0 Å². The molecule has 0 heterocycles. The molecule has 1 amide bonds. The van der Waals surface area contributed by atoms with Gasteiger partial charge in [-0.05, 0) is 40.5 Å². The first-order valence-electron chi connectivity index (χ1n) is 5.68. The Balaban J connectivity index is 2.53. The zero-order chi connectivity index (χ0) is 13.3. The van der Waals surface area contributed by atoms with Crippen molar-refractivity contribution in [2.75, 3.05) is 0 Å². The predicted molar refractivity (Wildman–Crippen MR) is 61.6 cm³/mol. The number of Topliss-reactive ketones (excluding diaryl/α,β-unsaturated/α-hetero) is 2. The van der Waals surface area contributed by atoms with Crippen LogP contribution in [0, 0.1) is 0 Å². The molecule has 0 aliphatic heterocycles. The van der Waals surface area contributed by atoms with Crippen molar-refractivity contribution < 1.29 is 19.1 Å². The summed E-state index contributed by atoms with van der Waals surface area (Å²) in [5, 5.41) is 2.57. The molecular weight excluding hydrogens is 222 g/mol. The number of alkyl carbamates (subject to hydrolysis) is 1. The van der Waals surface area contributed by atoms with Gasteiger partial charge in [-0.15, -0.1) is 0 Å². The Bertz CT molecular complexity index is 350. The normalized spacial score (nSPS) is 17.2. The molecule has 1 fully saturated rings. The number of hydrogen-bond donors (Lipinski definition) is 1. The molecule has 0 aromatic rings. The fourth-order valence-corrected chi connectivity index (χ4v) is 1.49. The summed E-state index contributed by atoms with van der Waals surface area (Å²) < 4.78 is 5.08. The van der Waals surface area contributed by atoms with Crippen molar-refractivity contribution in [2.45, 2.75) is 58.1 Å². The summed E-state index contributed by atoms with van der Waals surface area (Å²) in [7, 11) is 0. The Morgan fingerprint density at radius 1 is 1.24 bits per heavy atom. The summed E-state index contributed by atoms with van der Waals surface area (Å²) in [6.45, 7) is 6.62. The Morgan fingerprint density at radius 2 is 1.76 bits per heavy atom. The van der Waals surface area contributed by atoms with Gasteiger partial charge in [-0.2, -0.15) is 0 Å². The summed E-state index contributed by atoms with van der Waals surface area (Å²) >= 11 is 0. The van der Waals surface area contributed by atoms with Crippen molar-refractivity contribution >= 4 is 17.7 Å². The summed E-state index contributed by atoms with van der Waals surface area (Å²) in [5.74, 6) is -0.414. The molecule has 0 spiro atoms. The summed E-state index contributed by atoms with van der Waals surface area (Å²) in [6, 6.07) is 0. The molecule has 0 bridgehead atoms. The molecule has 1 aliphatic rings. The van der Waals surface area contributed by atoms with E-state index in [1.807, 2.05) is 0 Å². The van der Waals surface area contributed by atoms with Gasteiger partial charge in [-0.25, -0.2) is 4.79 Å². The second-order valence-corrected chi connectivity index (χ2v) is 5.51. The monoisotopic (exact) mass is 241 g/mol. The SMILES string of the molecule is CC(=O)CC(=O)C1(NC(=O)OC(C)(C)C)CC1. The number of ketones is 2. The molecule has 1 N–H and O–H groups in total. The van der Waals surface area contributed by atoms with Gasteiger partial charge in [0.15, 0.2) is 5.78 Å². The third kappa shape index (κ3) is 4.17. The number of rotatable bonds is 4. The maximum atomic E-state index is 11.7. The van der Waals surface area contributed by atoms with Crippen molar-refractivity contribution in [3.8, 4) is 0 Å². The number of carbonyl (C=O) groups is 3. The molecule has 1 aliphatic carbocycles. The molecule has 0 aromatic heterocycles. The first-order valence-corrected chi connectivity index (χ1v) is 5.68. The Hall–Kier alpha value is -1.39. The minimum Gasteiger partial charge on any atom is -0.444 e. The average Bonchev–Trinajstić information content (AvgIpc) is 2.80. The predicted octanol–water partition coefficient (Wildman–Crippen LogP) is 1.59. The maximum Gasteiger partial charge on any atom is 0.408 e. The van der Waals surface area contributed by atoms with E-state index in [9.17, 15) is 14.4 Å². The minimum atomic E-state index is -0.853. The van der Waals surface area contributed by atoms with E-state index in [1.165, 1.54) is 6.92 Å². The second-order valence-electron chi connectivity index (χ2n) is 5.51. The standard InChI is InChI=1S/C12H19NO4/c1-8(14)7-9(15)12(5-6-12)13-10(16)17-11(2,3)4/h5-7H2,1-4H3,(H,13,16). The third-order valence-corrected chi connectivity index (χ3v) is 2.43. The first-order chi connectivity index (χ1) is 7.65. The van der Waals surface area contributed by atoms with Crippen molar-refractivity contribution in [2.24, 2.45) is 0 Å². The highest BCUT2D eigenvalue weighted by molar-refractivity contribution is 6.05. The molecule has 0 aromatic carbocycles. The third-order valence-electron chi connectivity index (χ3n) is 2.43. The lowest BCUT2D eigenvalue weighted by Crippen LogP contribution is -2.45. The smallest absolute Gasteiger partial charge is 0.408 e. The molecule has 0 unspecified atom stereocenters. The summed E-state index contributed by atoms with van der Waals surface area (Å²) in [4.78, 5) is 34.2. The molecule has 0 atom stereocenters. The molecule has 1 rings (SSSR count). The fourth-order valence-electron chi connectivity index (χ4n) is 1.49. The quantitative estimate of drug-likeness (QED) is 0.759. The topological polar surface area (TPSA) is 72.5 Å². The maximum absolute atomic E-state index is 11.7. The first kappa shape index (κ1) is 13.7. The number of amides is 1. The molecule has 0 radical (unpaired) electrons. The van der Waals surface area contributed by atoms with Crippen LogP contribution in [0.2, 0.25) is 0 Å². The number of hydrogen-bond acceptors (Lipinski definition) is 4. The molecule has 0 saturated heterocycles. The van der Waals surface area contributed by atoms with Crippen molar-refractivity contribution in [1.29, 1.82) is 0 Å². The van der Waals surface area contributed by atoms with E-state index >= 15 is 0 Å². The van der Waals surface area contributed by atoms with E-state index in [-0.39, 0.29) is 18.0 Å². The number of carbonyl (C=O) groups excluding carboxylic acids is 3. The number of ether oxygens (including phenoxy) is 1. The largest absolute Gasteiger partial charge is 0.444 e. The van der Waals surface area contributed by atoms with Crippen LogP contribution in [0.5, 0.6) is 0 Å². The Labute approximate surface area is 101 Å². The lowest BCUT2D eigenvalue weighted by Gasteiger charge is -2.22. The van der Waals surface area contributed by atoms with Crippen LogP contribution in [-0.2, 0) is 14.3 Å². The van der Waals surface area contributed by atoms with Gasteiger partial charge in [0.2, 0.25) is 0 Å². The van der Waals surface area contributed by atoms with E-state index in [4.69, 9.17) is 4.74 Å². The number of nitrogens with one attached hydrogen (secondary N) is 1. The highest BCUT2D eigenvalue weighted by atomic mass is 16.6. The van der Waals surface area contributed by atoms with Gasteiger partial charge in [0, 0.05) is 0 Å². The van der Waals surface area contributed by atoms with Crippen LogP contribution in [0.4, 0.5) is 4.79 Å². The van der Waals surface area contributed by atoms with Gasteiger partial charge in [0.05, 0.1) is 6.42 Å². The van der Waals surface area contributed by atoms with Crippen LogP contribution in [0.1, 0.15) is 47.0 Å². The molecular formula is C12H19NO4. The summed E-state index contributed by atoms with van der Waals surface area (Å²) in [5.41, 5.74) is -1.45. The lowest BCUT2D eigenvalue weighted by molar-refractivity contribution is -0.127.